The van der Waals surface area contributed by atoms with E-state index in [9.17, 15) is 4.79 Å². The second-order valence-corrected chi connectivity index (χ2v) is 4.84. The molecule has 1 amide bonds. The Bertz CT molecular complexity index is 423. The van der Waals surface area contributed by atoms with Crippen LogP contribution in [0.2, 0.25) is 0 Å². The van der Waals surface area contributed by atoms with Crippen molar-refractivity contribution < 1.29 is 4.79 Å². The van der Waals surface area contributed by atoms with Crippen LogP contribution in [0.15, 0.2) is 24.3 Å². The van der Waals surface area contributed by atoms with E-state index in [0.29, 0.717) is 0 Å². The fourth-order valence-corrected chi connectivity index (χ4v) is 2.42. The van der Waals surface area contributed by atoms with E-state index in [2.05, 4.69) is 17.0 Å². The van der Waals surface area contributed by atoms with Crippen LogP contribution in [0.25, 0.3) is 0 Å². The van der Waals surface area contributed by atoms with Gasteiger partial charge in [0.1, 0.15) is 0 Å². The molecule has 1 aromatic carbocycles. The monoisotopic (exact) mass is 247 g/mol. The third-order valence-electron chi connectivity index (χ3n) is 3.49. The third-order valence-corrected chi connectivity index (χ3v) is 3.49. The molecule has 2 N–H and O–H groups in total. The molecule has 1 atom stereocenters. The number of anilines is 1. The first-order chi connectivity index (χ1) is 8.59. The molecule has 1 aromatic rings. The van der Waals surface area contributed by atoms with Gasteiger partial charge in [0, 0.05) is 44.8 Å². The summed E-state index contributed by atoms with van der Waals surface area (Å²) in [6, 6.07) is 8.29. The third kappa shape index (κ3) is 2.64. The van der Waals surface area contributed by atoms with Crippen LogP contribution in [0.1, 0.15) is 25.5 Å². The number of nitrogens with zero attached hydrogens (tertiary/aromatic N) is 2. The molecule has 0 aromatic heterocycles. The summed E-state index contributed by atoms with van der Waals surface area (Å²) >= 11 is 0. The number of benzene rings is 1. The first-order valence-corrected chi connectivity index (χ1v) is 6.44. The lowest BCUT2D eigenvalue weighted by molar-refractivity contribution is -0.129. The molecule has 0 radical (unpaired) electrons. The van der Waals surface area contributed by atoms with Gasteiger partial charge in [-0.2, -0.15) is 0 Å². The highest BCUT2D eigenvalue weighted by Crippen LogP contribution is 2.25. The molecule has 0 aliphatic carbocycles. The van der Waals surface area contributed by atoms with Crippen LogP contribution in [-0.4, -0.2) is 37.0 Å². The predicted octanol–water partition coefficient (Wildman–Crippen LogP) is 1.37. The Kier molecular flexibility index (Phi) is 3.87. The molecular formula is C14H21N3O. The van der Waals surface area contributed by atoms with E-state index in [1.165, 1.54) is 11.3 Å². The van der Waals surface area contributed by atoms with E-state index in [4.69, 9.17) is 5.73 Å². The minimum Gasteiger partial charge on any atom is -0.368 e. The Morgan fingerprint density at radius 1 is 1.22 bits per heavy atom. The molecule has 1 unspecified atom stereocenters. The Morgan fingerprint density at radius 2 is 1.83 bits per heavy atom. The van der Waals surface area contributed by atoms with Crippen LogP contribution < -0.4 is 10.6 Å². The fraction of sp³-hybridized carbons (Fsp3) is 0.500. The summed E-state index contributed by atoms with van der Waals surface area (Å²) in [5.41, 5.74) is 8.38. The molecule has 1 aliphatic rings. The van der Waals surface area contributed by atoms with Gasteiger partial charge >= 0.3 is 0 Å². The smallest absolute Gasteiger partial charge is 0.219 e. The summed E-state index contributed by atoms with van der Waals surface area (Å²) in [7, 11) is 0. The van der Waals surface area contributed by atoms with E-state index >= 15 is 0 Å². The molecule has 1 heterocycles. The molecule has 2 rings (SSSR count). The van der Waals surface area contributed by atoms with Crippen LogP contribution in [0.3, 0.4) is 0 Å². The fourth-order valence-electron chi connectivity index (χ4n) is 2.42. The lowest BCUT2D eigenvalue weighted by Gasteiger charge is -2.37. The Labute approximate surface area is 108 Å². The maximum atomic E-state index is 11.3. The van der Waals surface area contributed by atoms with Crippen LogP contribution >= 0.6 is 0 Å². The van der Waals surface area contributed by atoms with Crippen molar-refractivity contribution in [2.75, 3.05) is 31.1 Å². The van der Waals surface area contributed by atoms with Crippen molar-refractivity contribution in [1.29, 1.82) is 0 Å². The average Bonchev–Trinajstić information content (AvgIpc) is 2.39. The van der Waals surface area contributed by atoms with Gasteiger partial charge in [-0.25, -0.2) is 0 Å². The van der Waals surface area contributed by atoms with E-state index in [0.717, 1.165) is 26.2 Å². The van der Waals surface area contributed by atoms with Gasteiger partial charge in [0.05, 0.1) is 0 Å². The summed E-state index contributed by atoms with van der Waals surface area (Å²) in [5.74, 6) is 0.162. The molecule has 1 aliphatic heterocycles. The Morgan fingerprint density at radius 3 is 2.39 bits per heavy atom. The second-order valence-electron chi connectivity index (χ2n) is 4.84. The van der Waals surface area contributed by atoms with Gasteiger partial charge in [0.2, 0.25) is 5.91 Å². The standard InChI is InChI=1S/C14H21N3O/c1-11(15)13-5-3-4-6-14(13)17-9-7-16(8-10-17)12(2)18/h3-6,11H,7-10,15H2,1-2H3. The zero-order chi connectivity index (χ0) is 13.1. The number of nitrogens with two attached hydrogens (primary N) is 1. The van der Waals surface area contributed by atoms with Crippen molar-refractivity contribution in [3.8, 4) is 0 Å². The van der Waals surface area contributed by atoms with Gasteiger partial charge < -0.3 is 15.5 Å². The number of amides is 1. The van der Waals surface area contributed by atoms with Gasteiger partial charge in [0.25, 0.3) is 0 Å². The summed E-state index contributed by atoms with van der Waals surface area (Å²) in [4.78, 5) is 15.5. The van der Waals surface area contributed by atoms with Gasteiger partial charge in [0.15, 0.2) is 0 Å². The predicted molar refractivity (Wildman–Crippen MR) is 73.5 cm³/mol. The lowest BCUT2D eigenvalue weighted by atomic mass is 10.1. The van der Waals surface area contributed by atoms with Crippen molar-refractivity contribution in [3.63, 3.8) is 0 Å². The molecule has 1 fully saturated rings. The SMILES string of the molecule is CC(=O)N1CCN(c2ccccc2C(C)N)CC1. The van der Waals surface area contributed by atoms with Crippen molar-refractivity contribution >= 4 is 11.6 Å². The minimum atomic E-state index is 0.0343. The molecule has 18 heavy (non-hydrogen) atoms. The summed E-state index contributed by atoms with van der Waals surface area (Å²) < 4.78 is 0. The van der Waals surface area contributed by atoms with Gasteiger partial charge in [-0.05, 0) is 18.6 Å². The molecule has 0 bridgehead atoms. The first-order valence-electron chi connectivity index (χ1n) is 6.44. The van der Waals surface area contributed by atoms with Crippen molar-refractivity contribution in [2.45, 2.75) is 19.9 Å². The quantitative estimate of drug-likeness (QED) is 0.859. The lowest BCUT2D eigenvalue weighted by Crippen LogP contribution is -2.48. The molecule has 0 saturated carbocycles. The van der Waals surface area contributed by atoms with E-state index < -0.39 is 0 Å². The minimum absolute atomic E-state index is 0.0343. The molecule has 4 heteroatoms. The van der Waals surface area contributed by atoms with Crippen LogP contribution in [0, 0.1) is 0 Å². The summed E-state index contributed by atoms with van der Waals surface area (Å²) in [6.07, 6.45) is 0. The van der Waals surface area contributed by atoms with E-state index in [-0.39, 0.29) is 11.9 Å². The van der Waals surface area contributed by atoms with Crippen LogP contribution in [0.4, 0.5) is 5.69 Å². The van der Waals surface area contributed by atoms with Gasteiger partial charge in [-0.3, -0.25) is 4.79 Å². The number of carbonyl (C=O) groups is 1. The number of para-hydroxylation sites is 1. The number of hydrogen-bond donors (Lipinski definition) is 1. The van der Waals surface area contributed by atoms with Crippen molar-refractivity contribution in [3.05, 3.63) is 29.8 Å². The van der Waals surface area contributed by atoms with E-state index in [1.54, 1.807) is 6.92 Å². The molecule has 4 nitrogen and oxygen atoms in total. The normalized spacial score (nSPS) is 17.7. The number of rotatable bonds is 2. The van der Waals surface area contributed by atoms with E-state index in [1.807, 2.05) is 24.0 Å². The van der Waals surface area contributed by atoms with Gasteiger partial charge in [-0.1, -0.05) is 18.2 Å². The van der Waals surface area contributed by atoms with Crippen molar-refractivity contribution in [2.24, 2.45) is 5.73 Å². The highest BCUT2D eigenvalue weighted by molar-refractivity contribution is 5.73. The average molecular weight is 247 g/mol. The number of carbonyl (C=O) groups excluding carboxylic acids is 1. The van der Waals surface area contributed by atoms with Crippen LogP contribution in [-0.2, 0) is 4.79 Å². The zero-order valence-electron chi connectivity index (χ0n) is 11.1. The highest BCUT2D eigenvalue weighted by atomic mass is 16.2. The molecular weight excluding hydrogens is 226 g/mol. The summed E-state index contributed by atoms with van der Waals surface area (Å²) in [5, 5.41) is 0. The molecule has 98 valence electrons. The Balaban J connectivity index is 2.12. The Hall–Kier alpha value is -1.55. The highest BCUT2D eigenvalue weighted by Gasteiger charge is 2.20. The number of hydrogen-bond acceptors (Lipinski definition) is 3. The largest absolute Gasteiger partial charge is 0.368 e. The maximum absolute atomic E-state index is 11.3. The molecule has 0 spiro atoms. The van der Waals surface area contributed by atoms with Gasteiger partial charge in [-0.15, -0.1) is 0 Å². The topological polar surface area (TPSA) is 49.6 Å². The zero-order valence-corrected chi connectivity index (χ0v) is 11.1. The molecule has 1 saturated heterocycles. The second kappa shape index (κ2) is 5.40. The first kappa shape index (κ1) is 12.9. The number of piperazine rings is 1. The van der Waals surface area contributed by atoms with Crippen LogP contribution in [0.5, 0.6) is 0 Å². The van der Waals surface area contributed by atoms with Crippen molar-refractivity contribution in [1.82, 2.24) is 4.90 Å². The maximum Gasteiger partial charge on any atom is 0.219 e. The summed E-state index contributed by atoms with van der Waals surface area (Å²) in [6.45, 7) is 6.98.